The lowest BCUT2D eigenvalue weighted by atomic mass is 10.1. The quantitative estimate of drug-likeness (QED) is 0.733. The molecule has 2 atom stereocenters. The number of nitrogens with one attached hydrogen (secondary N) is 1. The van der Waals surface area contributed by atoms with Crippen LogP contribution >= 0.6 is 11.6 Å². The highest BCUT2D eigenvalue weighted by molar-refractivity contribution is 6.22. The number of carbonyl (C=O) groups is 1. The molecule has 1 aliphatic carbocycles. The first-order valence-corrected chi connectivity index (χ1v) is 8.67. The van der Waals surface area contributed by atoms with Crippen LogP contribution in [0.25, 0.3) is 11.4 Å². The first-order valence-electron chi connectivity index (χ1n) is 8.23. The van der Waals surface area contributed by atoms with E-state index < -0.39 is 30.3 Å². The predicted molar refractivity (Wildman–Crippen MR) is 94.2 cm³/mol. The van der Waals surface area contributed by atoms with Crippen LogP contribution in [0.2, 0.25) is 0 Å². The van der Waals surface area contributed by atoms with Crippen molar-refractivity contribution in [1.82, 2.24) is 15.5 Å². The zero-order chi connectivity index (χ0) is 20.3. The van der Waals surface area contributed by atoms with Crippen molar-refractivity contribution in [3.63, 3.8) is 0 Å². The van der Waals surface area contributed by atoms with Crippen LogP contribution in [0.5, 0.6) is 0 Å². The highest BCUT2D eigenvalue weighted by Crippen LogP contribution is 2.30. The van der Waals surface area contributed by atoms with Crippen LogP contribution in [0.15, 0.2) is 52.6 Å². The van der Waals surface area contributed by atoms with Gasteiger partial charge in [-0.25, -0.2) is 0 Å². The van der Waals surface area contributed by atoms with Crippen LogP contribution in [0.1, 0.15) is 23.9 Å². The summed E-state index contributed by atoms with van der Waals surface area (Å²) in [6, 6.07) is 3.27. The van der Waals surface area contributed by atoms with Gasteiger partial charge in [-0.3, -0.25) is 4.79 Å². The van der Waals surface area contributed by atoms with Gasteiger partial charge in [0.2, 0.25) is 5.82 Å². The van der Waals surface area contributed by atoms with Gasteiger partial charge < -0.3 is 14.9 Å². The summed E-state index contributed by atoms with van der Waals surface area (Å²) in [5, 5.41) is 15.6. The molecule has 148 valence electrons. The van der Waals surface area contributed by atoms with E-state index in [0.29, 0.717) is 17.6 Å². The number of allylic oxidation sites excluding steroid dienone is 2. The third-order valence-electron chi connectivity index (χ3n) is 4.01. The maximum atomic E-state index is 12.6. The van der Waals surface area contributed by atoms with Crippen molar-refractivity contribution in [2.75, 3.05) is 6.61 Å². The number of alkyl halides is 4. The molecule has 6 nitrogen and oxygen atoms in total. The van der Waals surface area contributed by atoms with Crippen molar-refractivity contribution in [2.24, 2.45) is 0 Å². The third kappa shape index (κ3) is 4.60. The van der Waals surface area contributed by atoms with Crippen LogP contribution in [-0.4, -0.2) is 33.1 Å². The van der Waals surface area contributed by atoms with Crippen LogP contribution in [0.3, 0.4) is 0 Å². The highest BCUT2D eigenvalue weighted by atomic mass is 35.5. The van der Waals surface area contributed by atoms with E-state index in [1.54, 1.807) is 18.2 Å². The minimum Gasteiger partial charge on any atom is -0.394 e. The molecule has 1 unspecified atom stereocenters. The Hall–Kier alpha value is -2.65. The minimum absolute atomic E-state index is 0.0400. The Bertz CT molecular complexity index is 907. The number of carbonyl (C=O) groups excluding carboxylic acids is 1. The van der Waals surface area contributed by atoms with Gasteiger partial charge >= 0.3 is 6.18 Å². The first kappa shape index (κ1) is 20.1. The van der Waals surface area contributed by atoms with E-state index in [0.717, 1.165) is 12.1 Å². The Morgan fingerprint density at radius 2 is 2.07 bits per heavy atom. The Labute approximate surface area is 162 Å². The molecule has 0 saturated carbocycles. The number of aliphatic hydroxyl groups excluding tert-OH is 1. The lowest BCUT2D eigenvalue weighted by Crippen LogP contribution is -2.32. The molecular weight excluding hydrogens is 399 g/mol. The normalized spacial score (nSPS) is 17.9. The predicted octanol–water partition coefficient (Wildman–Crippen LogP) is 3.40. The monoisotopic (exact) mass is 413 g/mol. The van der Waals surface area contributed by atoms with Crippen LogP contribution in [0, 0.1) is 0 Å². The number of benzene rings is 1. The maximum absolute atomic E-state index is 12.6. The summed E-state index contributed by atoms with van der Waals surface area (Å²) >= 11 is 5.91. The number of hydrogen-bond acceptors (Lipinski definition) is 5. The van der Waals surface area contributed by atoms with Crippen molar-refractivity contribution < 1.29 is 27.6 Å². The fraction of sp³-hybridized carbons (Fsp3) is 0.278. The average Bonchev–Trinajstić information content (AvgIpc) is 3.16. The molecule has 0 radical (unpaired) electrons. The van der Waals surface area contributed by atoms with Gasteiger partial charge in [0.25, 0.3) is 11.8 Å². The first-order chi connectivity index (χ1) is 13.3. The summed E-state index contributed by atoms with van der Waals surface area (Å²) in [5.41, 5.74) is -0.108. The van der Waals surface area contributed by atoms with E-state index in [-0.39, 0.29) is 17.1 Å². The molecule has 2 aromatic rings. The smallest absolute Gasteiger partial charge is 0.394 e. The Kier molecular flexibility index (Phi) is 5.85. The van der Waals surface area contributed by atoms with Gasteiger partial charge in [-0.1, -0.05) is 35.5 Å². The number of rotatable bonds is 5. The standard InChI is InChI=1S/C18H15ClF3N3O3/c19-13-7-3-11(4-8-13)16(27)23-14(9-26)17-24-15(25-28-17)10-1-5-12(6-2-10)18(20,21)22/h1-7,13-14,26H,8-9H2,(H,23,27)/t13?,14-/m0/s1. The number of aliphatic hydroxyl groups is 1. The zero-order valence-corrected chi connectivity index (χ0v) is 15.0. The molecule has 2 N–H and O–H groups in total. The number of halogens is 4. The Morgan fingerprint density at radius 3 is 2.64 bits per heavy atom. The van der Waals surface area contributed by atoms with Crippen LogP contribution in [-0.2, 0) is 11.0 Å². The number of aromatic nitrogens is 2. The third-order valence-corrected chi connectivity index (χ3v) is 4.33. The largest absolute Gasteiger partial charge is 0.416 e. The van der Waals surface area contributed by atoms with Crippen LogP contribution in [0.4, 0.5) is 13.2 Å². The van der Waals surface area contributed by atoms with E-state index >= 15 is 0 Å². The molecule has 3 rings (SSSR count). The average molecular weight is 414 g/mol. The molecular formula is C18H15ClF3N3O3. The van der Waals surface area contributed by atoms with Gasteiger partial charge in [-0.15, -0.1) is 11.6 Å². The SMILES string of the molecule is O=C(N[C@@H](CO)c1nc(-c2ccc(C(F)(F)F)cc2)no1)C1=CCC(Cl)C=C1. The van der Waals surface area contributed by atoms with Crippen molar-refractivity contribution in [1.29, 1.82) is 0 Å². The summed E-state index contributed by atoms with van der Waals surface area (Å²) in [5.74, 6) is -0.479. The molecule has 0 bridgehead atoms. The molecule has 0 spiro atoms. The van der Waals surface area contributed by atoms with Crippen molar-refractivity contribution in [3.8, 4) is 11.4 Å². The van der Waals surface area contributed by atoms with Gasteiger partial charge in [0, 0.05) is 11.1 Å². The maximum Gasteiger partial charge on any atom is 0.416 e. The summed E-state index contributed by atoms with van der Waals surface area (Å²) in [4.78, 5) is 16.3. The lowest BCUT2D eigenvalue weighted by molar-refractivity contribution is -0.137. The molecule has 10 heteroatoms. The molecule has 1 amide bonds. The topological polar surface area (TPSA) is 88.2 Å². The zero-order valence-electron chi connectivity index (χ0n) is 14.3. The van der Waals surface area contributed by atoms with Gasteiger partial charge in [0.05, 0.1) is 17.5 Å². The van der Waals surface area contributed by atoms with Gasteiger partial charge in [-0.2, -0.15) is 18.2 Å². The number of nitrogens with zero attached hydrogens (tertiary/aromatic N) is 2. The molecule has 1 heterocycles. The van der Waals surface area contributed by atoms with E-state index in [2.05, 4.69) is 15.5 Å². The molecule has 1 aromatic heterocycles. The number of amides is 1. The van der Waals surface area contributed by atoms with E-state index in [9.17, 15) is 23.1 Å². The highest BCUT2D eigenvalue weighted by Gasteiger charge is 2.30. The fourth-order valence-electron chi connectivity index (χ4n) is 2.49. The van der Waals surface area contributed by atoms with E-state index in [4.69, 9.17) is 16.1 Å². The summed E-state index contributed by atoms with van der Waals surface area (Å²) < 4.78 is 43.0. The van der Waals surface area contributed by atoms with Gasteiger partial charge in [0.1, 0.15) is 6.04 Å². The Balaban J connectivity index is 1.72. The van der Waals surface area contributed by atoms with Crippen LogP contribution < -0.4 is 5.32 Å². The van der Waals surface area contributed by atoms with Gasteiger partial charge in [0.15, 0.2) is 0 Å². The molecule has 28 heavy (non-hydrogen) atoms. The molecule has 0 saturated heterocycles. The second-order valence-corrected chi connectivity index (χ2v) is 6.57. The Morgan fingerprint density at radius 1 is 1.36 bits per heavy atom. The van der Waals surface area contributed by atoms with Crippen molar-refractivity contribution in [3.05, 3.63) is 59.5 Å². The van der Waals surface area contributed by atoms with Crippen molar-refractivity contribution in [2.45, 2.75) is 24.0 Å². The van der Waals surface area contributed by atoms with E-state index in [1.807, 2.05) is 0 Å². The second kappa shape index (κ2) is 8.15. The molecule has 1 aliphatic rings. The lowest BCUT2D eigenvalue weighted by Gasteiger charge is -2.14. The minimum atomic E-state index is -4.45. The van der Waals surface area contributed by atoms with Crippen molar-refractivity contribution >= 4 is 17.5 Å². The number of hydrogen-bond donors (Lipinski definition) is 2. The molecule has 0 aliphatic heterocycles. The summed E-state index contributed by atoms with van der Waals surface area (Å²) in [6.07, 6.45) is 0.983. The fourth-order valence-corrected chi connectivity index (χ4v) is 2.65. The summed E-state index contributed by atoms with van der Waals surface area (Å²) in [7, 11) is 0. The second-order valence-electron chi connectivity index (χ2n) is 6.01. The molecule has 1 aromatic carbocycles. The van der Waals surface area contributed by atoms with E-state index in [1.165, 1.54) is 12.1 Å². The summed E-state index contributed by atoms with van der Waals surface area (Å²) in [6.45, 7) is -0.504. The van der Waals surface area contributed by atoms with Gasteiger partial charge in [-0.05, 0) is 18.6 Å². The molecule has 0 fully saturated rings.